The summed E-state index contributed by atoms with van der Waals surface area (Å²) in [6, 6.07) is 8.58. The molecule has 0 spiro atoms. The van der Waals surface area contributed by atoms with Gasteiger partial charge in [-0.3, -0.25) is 9.69 Å². The van der Waals surface area contributed by atoms with Crippen LogP contribution >= 0.6 is 22.9 Å². The molecule has 1 unspecified atom stereocenters. The number of carbonyl (C=O) groups is 1. The smallest absolute Gasteiger partial charge is 0.325 e. The third-order valence-corrected chi connectivity index (χ3v) is 5.00. The molecule has 0 aliphatic carbocycles. The summed E-state index contributed by atoms with van der Waals surface area (Å²) < 4.78 is 0. The lowest BCUT2D eigenvalue weighted by molar-refractivity contribution is -0.144. The summed E-state index contributed by atoms with van der Waals surface area (Å²) in [5, 5.41) is 12.2. The molecule has 1 atom stereocenters. The van der Waals surface area contributed by atoms with Crippen LogP contribution in [0.1, 0.15) is 22.0 Å². The van der Waals surface area contributed by atoms with Crippen LogP contribution in [0.25, 0.3) is 0 Å². The molecular weight excluding hydrogens is 310 g/mol. The van der Waals surface area contributed by atoms with Gasteiger partial charge in [-0.25, -0.2) is 0 Å². The highest BCUT2D eigenvalue weighted by Gasteiger charge is 2.31. The first-order chi connectivity index (χ1) is 9.66. The van der Waals surface area contributed by atoms with Crippen molar-refractivity contribution in [1.29, 1.82) is 0 Å². The van der Waals surface area contributed by atoms with Crippen molar-refractivity contribution in [3.63, 3.8) is 0 Å². The molecule has 2 heterocycles. The van der Waals surface area contributed by atoms with Gasteiger partial charge in [0.2, 0.25) is 0 Å². The molecule has 3 N–H and O–H groups in total. The molecule has 1 aromatic heterocycles. The number of benzene rings is 1. The van der Waals surface area contributed by atoms with E-state index in [4.69, 9.17) is 11.6 Å². The molecule has 0 radical (unpaired) electrons. The molecule has 1 aliphatic heterocycles. The highest BCUT2D eigenvalue weighted by Crippen LogP contribution is 2.33. The predicted octanol–water partition coefficient (Wildman–Crippen LogP) is 2.76. The summed E-state index contributed by atoms with van der Waals surface area (Å²) in [4.78, 5) is 15.1. The number of aliphatic carboxylic acids is 1. The van der Waals surface area contributed by atoms with Crippen LogP contribution in [0, 0.1) is 0 Å². The molecule has 0 amide bonds. The van der Waals surface area contributed by atoms with E-state index in [-0.39, 0.29) is 5.48 Å². The van der Waals surface area contributed by atoms with Gasteiger partial charge in [-0.1, -0.05) is 29.8 Å². The normalized spacial score (nSPS) is 15.9. The van der Waals surface area contributed by atoms with Gasteiger partial charge >= 0.3 is 5.97 Å². The largest absolute Gasteiger partial charge is 0.480 e. The monoisotopic (exact) mass is 325 g/mol. The standard InChI is InChI=1S/C15H14ClNO2S.H2O/c16-12-4-2-1-3-11(12)14(15(18)19)17-7-5-13-10(9-17)6-8-20-13;/h1-4,6,8,14H,5,7,9H2,(H,18,19);1H2. The highest BCUT2D eigenvalue weighted by molar-refractivity contribution is 7.10. The molecule has 3 rings (SSSR count). The van der Waals surface area contributed by atoms with Gasteiger partial charge in [0.05, 0.1) is 0 Å². The number of hydrogen-bond donors (Lipinski definition) is 1. The van der Waals surface area contributed by atoms with Crippen LogP contribution in [0.3, 0.4) is 0 Å². The first kappa shape index (κ1) is 16.0. The molecule has 2 aromatic rings. The number of rotatable bonds is 3. The number of carboxylic acids is 1. The van der Waals surface area contributed by atoms with Crippen molar-refractivity contribution >= 4 is 28.9 Å². The summed E-state index contributed by atoms with van der Waals surface area (Å²) in [7, 11) is 0. The lowest BCUT2D eigenvalue weighted by atomic mass is 10.0. The van der Waals surface area contributed by atoms with Gasteiger partial charge in [0.15, 0.2) is 0 Å². The minimum Gasteiger partial charge on any atom is -0.480 e. The first-order valence-corrected chi connectivity index (χ1v) is 7.69. The Bertz CT molecular complexity index is 643. The molecule has 0 fully saturated rings. The van der Waals surface area contributed by atoms with E-state index in [1.165, 1.54) is 10.4 Å². The van der Waals surface area contributed by atoms with E-state index in [1.807, 2.05) is 17.0 Å². The van der Waals surface area contributed by atoms with Crippen molar-refractivity contribution in [2.75, 3.05) is 6.54 Å². The van der Waals surface area contributed by atoms with Crippen LogP contribution < -0.4 is 0 Å². The minimum atomic E-state index is -0.850. The molecule has 21 heavy (non-hydrogen) atoms. The Hall–Kier alpha value is -1.40. The maximum absolute atomic E-state index is 11.7. The fourth-order valence-electron chi connectivity index (χ4n) is 2.67. The topological polar surface area (TPSA) is 72.0 Å². The van der Waals surface area contributed by atoms with Crippen molar-refractivity contribution < 1.29 is 15.4 Å². The van der Waals surface area contributed by atoms with Crippen LogP contribution in [0.15, 0.2) is 35.7 Å². The van der Waals surface area contributed by atoms with Gasteiger partial charge in [0, 0.05) is 23.0 Å². The van der Waals surface area contributed by atoms with Gasteiger partial charge in [0.1, 0.15) is 6.04 Å². The van der Waals surface area contributed by atoms with E-state index >= 15 is 0 Å². The number of fused-ring (bicyclic) bond motifs is 1. The molecule has 6 heteroatoms. The van der Waals surface area contributed by atoms with Crippen LogP contribution in [0.4, 0.5) is 0 Å². The molecular formula is C15H16ClNO3S. The fourth-order valence-corrected chi connectivity index (χ4v) is 3.80. The zero-order valence-corrected chi connectivity index (χ0v) is 12.8. The number of thiophene rings is 1. The molecule has 1 aliphatic rings. The summed E-state index contributed by atoms with van der Waals surface area (Å²) in [5.74, 6) is -0.850. The van der Waals surface area contributed by atoms with E-state index in [0.29, 0.717) is 17.1 Å². The second kappa shape index (κ2) is 6.58. The number of carboxylic acid groups (broad SMARTS) is 1. The average Bonchev–Trinajstić information content (AvgIpc) is 2.88. The Labute approximate surface area is 131 Å². The Balaban J connectivity index is 0.00000161. The molecule has 0 saturated heterocycles. The van der Waals surface area contributed by atoms with Gasteiger partial charge in [-0.2, -0.15) is 0 Å². The van der Waals surface area contributed by atoms with Crippen molar-refractivity contribution in [3.8, 4) is 0 Å². The summed E-state index contributed by atoms with van der Waals surface area (Å²) in [5.41, 5.74) is 1.90. The van der Waals surface area contributed by atoms with Crippen molar-refractivity contribution in [2.45, 2.75) is 19.0 Å². The average molecular weight is 326 g/mol. The zero-order chi connectivity index (χ0) is 14.1. The van der Waals surface area contributed by atoms with Crippen LogP contribution in [-0.4, -0.2) is 28.0 Å². The van der Waals surface area contributed by atoms with Gasteiger partial charge < -0.3 is 10.6 Å². The fraction of sp³-hybridized carbons (Fsp3) is 0.267. The summed E-state index contributed by atoms with van der Waals surface area (Å²) in [6.45, 7) is 1.41. The predicted molar refractivity (Wildman–Crippen MR) is 83.9 cm³/mol. The Morgan fingerprint density at radius 2 is 2.10 bits per heavy atom. The molecule has 1 aromatic carbocycles. The van der Waals surface area contributed by atoms with E-state index in [0.717, 1.165) is 13.0 Å². The third-order valence-electron chi connectivity index (χ3n) is 3.64. The zero-order valence-electron chi connectivity index (χ0n) is 11.3. The number of hydrogen-bond acceptors (Lipinski definition) is 3. The lowest BCUT2D eigenvalue weighted by Crippen LogP contribution is -2.37. The second-order valence-corrected chi connectivity index (χ2v) is 6.26. The van der Waals surface area contributed by atoms with Crippen LogP contribution in [0.2, 0.25) is 5.02 Å². The number of nitrogens with zero attached hydrogens (tertiary/aromatic N) is 1. The molecule has 0 bridgehead atoms. The van der Waals surface area contributed by atoms with Crippen LogP contribution in [0.5, 0.6) is 0 Å². The highest BCUT2D eigenvalue weighted by atomic mass is 35.5. The van der Waals surface area contributed by atoms with E-state index in [1.54, 1.807) is 23.5 Å². The summed E-state index contributed by atoms with van der Waals surface area (Å²) in [6.07, 6.45) is 0.904. The summed E-state index contributed by atoms with van der Waals surface area (Å²) >= 11 is 7.92. The number of halogens is 1. The minimum absolute atomic E-state index is 0. The van der Waals surface area contributed by atoms with E-state index in [9.17, 15) is 9.90 Å². The van der Waals surface area contributed by atoms with Gasteiger partial charge in [-0.05, 0) is 35.1 Å². The molecule has 0 saturated carbocycles. The molecule has 112 valence electrons. The van der Waals surface area contributed by atoms with E-state index in [2.05, 4.69) is 11.4 Å². The maximum atomic E-state index is 11.7. The molecule has 4 nitrogen and oxygen atoms in total. The van der Waals surface area contributed by atoms with Gasteiger partial charge in [0.25, 0.3) is 0 Å². The lowest BCUT2D eigenvalue weighted by Gasteiger charge is -2.32. The van der Waals surface area contributed by atoms with Crippen molar-refractivity contribution in [3.05, 3.63) is 56.7 Å². The van der Waals surface area contributed by atoms with E-state index < -0.39 is 12.0 Å². The van der Waals surface area contributed by atoms with Crippen molar-refractivity contribution in [1.82, 2.24) is 4.90 Å². The second-order valence-electron chi connectivity index (χ2n) is 4.85. The third kappa shape index (κ3) is 3.11. The SMILES string of the molecule is O.O=C(O)C(c1ccccc1Cl)N1CCc2sccc2C1. The Morgan fingerprint density at radius 3 is 2.81 bits per heavy atom. The van der Waals surface area contributed by atoms with Crippen LogP contribution in [-0.2, 0) is 17.8 Å². The Kier molecular flexibility index (Phi) is 5.00. The maximum Gasteiger partial charge on any atom is 0.325 e. The Morgan fingerprint density at radius 1 is 1.33 bits per heavy atom. The van der Waals surface area contributed by atoms with Gasteiger partial charge in [-0.15, -0.1) is 11.3 Å². The first-order valence-electron chi connectivity index (χ1n) is 6.43. The van der Waals surface area contributed by atoms with Crippen molar-refractivity contribution in [2.24, 2.45) is 0 Å². The quantitative estimate of drug-likeness (QED) is 0.943.